The molecule has 0 bridgehead atoms. The quantitative estimate of drug-likeness (QED) is 0.172. The van der Waals surface area contributed by atoms with Gasteiger partial charge in [-0.05, 0) is 65.6 Å². The van der Waals surface area contributed by atoms with E-state index in [-0.39, 0.29) is 50.2 Å². The van der Waals surface area contributed by atoms with Gasteiger partial charge < -0.3 is 39.9 Å². The zero-order valence-corrected chi connectivity index (χ0v) is 33.4. The molecule has 14 heteroatoms. The van der Waals surface area contributed by atoms with Gasteiger partial charge in [0, 0.05) is 49.9 Å². The van der Waals surface area contributed by atoms with Gasteiger partial charge in [0.25, 0.3) is 0 Å². The largest absolute Gasteiger partial charge is 0.471 e. The molecule has 60 heavy (non-hydrogen) atoms. The Morgan fingerprint density at radius 2 is 1.57 bits per heavy atom. The highest BCUT2D eigenvalue weighted by atomic mass is 19.4. The maximum atomic E-state index is 13.3. The fraction of sp³-hybridized carbons (Fsp3) is 0.413. The zero-order valence-electron chi connectivity index (χ0n) is 33.4. The number of carbonyl (C=O) groups excluding carboxylic acids is 3. The Hall–Kier alpha value is -5.28. The third-order valence-corrected chi connectivity index (χ3v) is 12.7. The SMILES string of the molecule is C[C@H]1[C@@H](CN2CCC3(CC2)C(=O)NCN3c2ccccc2)O[C@@H](c2ccc(-c3ccccc3CNC(=O)[C@@H]3CCCN3C(=O)C(F)(F)F)cc2)O[C@H]1c1ccc(CO)cc1. The number of nitrogens with one attached hydrogen (secondary N) is 2. The van der Waals surface area contributed by atoms with Crippen LogP contribution in [-0.4, -0.2) is 89.3 Å². The van der Waals surface area contributed by atoms with Crippen molar-refractivity contribution in [3.05, 3.63) is 125 Å². The molecular formula is C46H50F3N5O6. The molecule has 4 aliphatic heterocycles. The highest BCUT2D eigenvalue weighted by molar-refractivity contribution is 5.93. The van der Waals surface area contributed by atoms with Crippen LogP contribution in [0.3, 0.4) is 0 Å². The first-order valence-corrected chi connectivity index (χ1v) is 20.6. The first-order valence-electron chi connectivity index (χ1n) is 20.6. The van der Waals surface area contributed by atoms with Gasteiger partial charge in [-0.2, -0.15) is 13.2 Å². The van der Waals surface area contributed by atoms with Crippen molar-refractivity contribution in [3.8, 4) is 11.1 Å². The number of rotatable bonds is 10. The van der Waals surface area contributed by atoms with Gasteiger partial charge in [0.05, 0.1) is 25.5 Å². The van der Waals surface area contributed by atoms with E-state index in [2.05, 4.69) is 27.4 Å². The van der Waals surface area contributed by atoms with E-state index in [1.165, 1.54) is 0 Å². The Balaban J connectivity index is 0.973. The molecule has 4 saturated heterocycles. The standard InChI is InChI=1S/C46H50F3N5O6/c1-30-39(27-52-24-21-45(22-25-52)43(57)51-29-54(45)36-9-3-2-4-10-36)59-42(60-40(30)33-15-13-31(28-55)14-16-33)34-19-17-32(18-20-34)37-11-6-5-8-35(37)26-50-41(56)38-12-7-23-53(38)44(58)46(47,48)49/h2-6,8-11,13-20,30,38-40,42,55H,7,12,21-29H2,1H3,(H,50,56)(H,51,57)/t30-,38-,39+,40+,42+/m0/s1. The van der Waals surface area contributed by atoms with Gasteiger partial charge >= 0.3 is 12.1 Å². The van der Waals surface area contributed by atoms with Crippen LogP contribution in [0.15, 0.2) is 103 Å². The molecule has 4 heterocycles. The molecule has 5 atom stereocenters. The molecule has 4 aliphatic rings. The van der Waals surface area contributed by atoms with Crippen LogP contribution < -0.4 is 15.5 Å². The Kier molecular flexibility index (Phi) is 12.0. The molecule has 8 rings (SSSR count). The van der Waals surface area contributed by atoms with Crippen molar-refractivity contribution in [2.45, 2.75) is 82.0 Å². The second kappa shape index (κ2) is 17.4. The molecule has 3 N–H and O–H groups in total. The molecule has 11 nitrogen and oxygen atoms in total. The van der Waals surface area contributed by atoms with E-state index in [9.17, 15) is 32.7 Å². The number of aliphatic hydroxyl groups is 1. The van der Waals surface area contributed by atoms with Gasteiger partial charge in [0.1, 0.15) is 11.6 Å². The normalized spacial score (nSPS) is 24.4. The monoisotopic (exact) mass is 825 g/mol. The number of ether oxygens (including phenoxy) is 2. The maximum Gasteiger partial charge on any atom is 0.471 e. The predicted molar refractivity (Wildman–Crippen MR) is 218 cm³/mol. The highest BCUT2D eigenvalue weighted by Crippen LogP contribution is 2.43. The second-order valence-electron chi connectivity index (χ2n) is 16.2. The van der Waals surface area contributed by atoms with Gasteiger partial charge in [-0.1, -0.05) is 97.9 Å². The van der Waals surface area contributed by atoms with Gasteiger partial charge in [-0.3, -0.25) is 14.4 Å². The van der Waals surface area contributed by atoms with Crippen molar-refractivity contribution in [3.63, 3.8) is 0 Å². The average Bonchev–Trinajstić information content (AvgIpc) is 3.89. The van der Waals surface area contributed by atoms with E-state index in [0.717, 1.165) is 52.2 Å². The van der Waals surface area contributed by atoms with Gasteiger partial charge in [-0.25, -0.2) is 0 Å². The first kappa shape index (κ1) is 41.5. The van der Waals surface area contributed by atoms with Crippen LogP contribution in [-0.2, 0) is 37.0 Å². The Morgan fingerprint density at radius 1 is 0.883 bits per heavy atom. The summed E-state index contributed by atoms with van der Waals surface area (Å²) in [5.41, 5.74) is 5.49. The van der Waals surface area contributed by atoms with Crippen molar-refractivity contribution in [1.82, 2.24) is 20.4 Å². The van der Waals surface area contributed by atoms with Crippen molar-refractivity contribution >= 4 is 23.4 Å². The lowest BCUT2D eigenvalue weighted by Crippen LogP contribution is -2.57. The topological polar surface area (TPSA) is 124 Å². The van der Waals surface area contributed by atoms with Gasteiger partial charge in [0.2, 0.25) is 11.8 Å². The summed E-state index contributed by atoms with van der Waals surface area (Å²) in [6.45, 7) is 4.62. The predicted octanol–water partition coefficient (Wildman–Crippen LogP) is 6.24. The zero-order chi connectivity index (χ0) is 42.0. The molecule has 4 aromatic carbocycles. The van der Waals surface area contributed by atoms with Crippen LogP contribution in [0.4, 0.5) is 18.9 Å². The minimum Gasteiger partial charge on any atom is -0.392 e. The smallest absolute Gasteiger partial charge is 0.392 e. The van der Waals surface area contributed by atoms with E-state index < -0.39 is 35.9 Å². The maximum absolute atomic E-state index is 13.3. The summed E-state index contributed by atoms with van der Waals surface area (Å²) in [5.74, 6) is -2.57. The van der Waals surface area contributed by atoms with Gasteiger partial charge in [-0.15, -0.1) is 0 Å². The Labute approximate surface area is 347 Å². The molecular weight excluding hydrogens is 776 g/mol. The van der Waals surface area contributed by atoms with Crippen LogP contribution in [0, 0.1) is 5.92 Å². The van der Waals surface area contributed by atoms with Crippen LogP contribution in [0.2, 0.25) is 0 Å². The van der Waals surface area contributed by atoms with Crippen LogP contribution in [0.25, 0.3) is 11.1 Å². The molecule has 0 saturated carbocycles. The number of nitrogens with zero attached hydrogens (tertiary/aromatic N) is 3. The number of piperidine rings is 1. The number of benzene rings is 4. The Bertz CT molecular complexity index is 2150. The number of likely N-dealkylation sites (tertiary alicyclic amines) is 2. The molecule has 0 unspecified atom stereocenters. The Morgan fingerprint density at radius 3 is 2.27 bits per heavy atom. The summed E-state index contributed by atoms with van der Waals surface area (Å²) >= 11 is 0. The van der Waals surface area contributed by atoms with Crippen molar-refractivity contribution < 1.29 is 42.1 Å². The molecule has 0 aliphatic carbocycles. The summed E-state index contributed by atoms with van der Waals surface area (Å²) in [7, 11) is 0. The summed E-state index contributed by atoms with van der Waals surface area (Å²) in [4.78, 5) is 43.6. The number of aliphatic hydroxyl groups excluding tert-OH is 1. The number of alkyl halides is 3. The summed E-state index contributed by atoms with van der Waals surface area (Å²) in [6.07, 6.45) is -4.40. The molecule has 1 spiro atoms. The van der Waals surface area contributed by atoms with Crippen molar-refractivity contribution in [1.29, 1.82) is 0 Å². The van der Waals surface area contributed by atoms with E-state index in [1.54, 1.807) is 0 Å². The summed E-state index contributed by atoms with van der Waals surface area (Å²) in [6, 6.07) is 32.0. The van der Waals surface area contributed by atoms with E-state index in [4.69, 9.17) is 9.47 Å². The van der Waals surface area contributed by atoms with E-state index >= 15 is 0 Å². The fourth-order valence-electron chi connectivity index (χ4n) is 9.24. The number of carbonyl (C=O) groups is 3. The van der Waals surface area contributed by atoms with E-state index in [1.807, 2.05) is 103 Å². The van der Waals surface area contributed by atoms with Crippen LogP contribution in [0.5, 0.6) is 0 Å². The lowest BCUT2D eigenvalue weighted by molar-refractivity contribution is -0.276. The minimum absolute atomic E-state index is 0.0306. The van der Waals surface area contributed by atoms with Crippen LogP contribution >= 0.6 is 0 Å². The number of halogens is 3. The number of anilines is 1. The molecule has 3 amide bonds. The summed E-state index contributed by atoms with van der Waals surface area (Å²) < 4.78 is 53.1. The average molecular weight is 826 g/mol. The lowest BCUT2D eigenvalue weighted by atomic mass is 9.84. The van der Waals surface area contributed by atoms with Crippen LogP contribution in [0.1, 0.15) is 67.3 Å². The molecule has 0 radical (unpaired) electrons. The van der Waals surface area contributed by atoms with Gasteiger partial charge in [0.15, 0.2) is 6.29 Å². The fourth-order valence-corrected chi connectivity index (χ4v) is 9.24. The number of amides is 3. The molecule has 0 aromatic heterocycles. The molecule has 4 fully saturated rings. The minimum atomic E-state index is -5.04. The molecule has 316 valence electrons. The molecule has 4 aromatic rings. The van der Waals surface area contributed by atoms with E-state index in [0.29, 0.717) is 37.4 Å². The first-order chi connectivity index (χ1) is 28.9. The lowest BCUT2D eigenvalue weighted by Gasteiger charge is -2.46. The summed E-state index contributed by atoms with van der Waals surface area (Å²) in [5, 5.41) is 15.6. The number of para-hydroxylation sites is 1. The van der Waals surface area contributed by atoms with Crippen molar-refractivity contribution in [2.75, 3.05) is 37.7 Å². The highest BCUT2D eigenvalue weighted by Gasteiger charge is 2.51. The second-order valence-corrected chi connectivity index (χ2v) is 16.2. The number of hydrogen-bond donors (Lipinski definition) is 3. The van der Waals surface area contributed by atoms with Crippen molar-refractivity contribution in [2.24, 2.45) is 5.92 Å². The number of hydrogen-bond acceptors (Lipinski definition) is 8. The third kappa shape index (κ3) is 8.38. The third-order valence-electron chi connectivity index (χ3n) is 12.7.